The maximum atomic E-state index is 13.8. The molecule has 1 aromatic heterocycles. The van der Waals surface area contributed by atoms with Crippen LogP contribution in [0.15, 0.2) is 71.8 Å². The number of aromatic nitrogens is 1. The largest absolute Gasteiger partial charge is 0.465 e. The number of carbonyl (C=O) groups is 1. The van der Waals surface area contributed by atoms with E-state index >= 15 is 0 Å². The van der Waals surface area contributed by atoms with Crippen molar-refractivity contribution in [2.75, 3.05) is 13.7 Å². The number of nitrogens with zero attached hydrogens (tertiary/aromatic N) is 2. The topological polar surface area (TPSA) is 77.8 Å². The van der Waals surface area contributed by atoms with Gasteiger partial charge in [0.1, 0.15) is 0 Å². The molecule has 6 rings (SSSR count). The Bertz CT molecular complexity index is 1780. The SMILES string of the molecule is CCO[C@H]1C[C@H]2CC[C@@](c3ccc(C(=O)OC)cc3)(C1)N2Cc1c(C)cc(C)c2c1ccn2S(=O)(=O)c1ccc(C)cc1. The minimum atomic E-state index is -3.77. The van der Waals surface area contributed by atoms with Crippen LogP contribution in [0.2, 0.25) is 0 Å². The minimum Gasteiger partial charge on any atom is -0.465 e. The Morgan fingerprint density at radius 2 is 1.72 bits per heavy atom. The number of ether oxygens (including phenoxy) is 2. The number of piperidine rings is 1. The third kappa shape index (κ3) is 4.99. The highest BCUT2D eigenvalue weighted by atomic mass is 32.2. The number of fused-ring (bicyclic) bond motifs is 3. The molecule has 0 aliphatic carbocycles. The van der Waals surface area contributed by atoms with Crippen molar-refractivity contribution in [3.8, 4) is 0 Å². The highest BCUT2D eigenvalue weighted by molar-refractivity contribution is 7.90. The van der Waals surface area contributed by atoms with E-state index in [2.05, 4.69) is 30.0 Å². The molecule has 2 saturated heterocycles. The summed E-state index contributed by atoms with van der Waals surface area (Å²) in [5.41, 5.74) is 6.44. The number of aryl methyl sites for hydroxylation is 3. The van der Waals surface area contributed by atoms with E-state index in [1.807, 2.05) is 51.1 Å². The molecule has 2 aliphatic rings. The van der Waals surface area contributed by atoms with Crippen LogP contribution in [0.4, 0.5) is 0 Å². The Balaban J connectivity index is 1.44. The molecule has 3 heterocycles. The molecule has 0 N–H and O–H groups in total. The van der Waals surface area contributed by atoms with Gasteiger partial charge in [-0.25, -0.2) is 17.2 Å². The number of esters is 1. The molecule has 0 saturated carbocycles. The van der Waals surface area contributed by atoms with E-state index in [1.54, 1.807) is 18.3 Å². The van der Waals surface area contributed by atoms with Crippen LogP contribution < -0.4 is 0 Å². The van der Waals surface area contributed by atoms with Crippen LogP contribution in [0, 0.1) is 20.8 Å². The molecule has 3 atom stereocenters. The maximum Gasteiger partial charge on any atom is 0.337 e. The normalized spacial score (nSPS) is 22.3. The summed E-state index contributed by atoms with van der Waals surface area (Å²) in [6, 6.07) is 19.3. The molecule has 2 aliphatic heterocycles. The summed E-state index contributed by atoms with van der Waals surface area (Å²) in [5, 5.41) is 0.968. The van der Waals surface area contributed by atoms with Crippen LogP contribution in [0.1, 0.15) is 70.8 Å². The molecule has 7 nitrogen and oxygen atoms in total. The number of hydrogen-bond acceptors (Lipinski definition) is 6. The number of rotatable bonds is 8. The van der Waals surface area contributed by atoms with Crippen molar-refractivity contribution < 1.29 is 22.7 Å². The summed E-state index contributed by atoms with van der Waals surface area (Å²) in [6.07, 6.45) is 5.74. The second-order valence-electron chi connectivity index (χ2n) is 12.1. The summed E-state index contributed by atoms with van der Waals surface area (Å²) in [4.78, 5) is 15.1. The van der Waals surface area contributed by atoms with E-state index in [4.69, 9.17) is 9.47 Å². The van der Waals surface area contributed by atoms with Crippen LogP contribution in [-0.2, 0) is 31.6 Å². The van der Waals surface area contributed by atoms with Crippen molar-refractivity contribution in [2.24, 2.45) is 0 Å². The second kappa shape index (κ2) is 11.2. The third-order valence-corrected chi connectivity index (χ3v) is 11.3. The van der Waals surface area contributed by atoms with Gasteiger partial charge in [0, 0.05) is 36.3 Å². The lowest BCUT2D eigenvalue weighted by Gasteiger charge is -2.48. The first kappa shape index (κ1) is 29.6. The summed E-state index contributed by atoms with van der Waals surface area (Å²) in [6.45, 7) is 9.48. The van der Waals surface area contributed by atoms with Gasteiger partial charge in [0.15, 0.2) is 0 Å². The van der Waals surface area contributed by atoms with E-state index in [1.165, 1.54) is 16.6 Å². The monoisotopic (exact) mass is 600 g/mol. The molecule has 8 heteroatoms. The van der Waals surface area contributed by atoms with Crippen molar-refractivity contribution in [1.82, 2.24) is 8.87 Å². The molecular formula is C35H40N2O5S. The molecule has 0 amide bonds. The number of methoxy groups -OCH3 is 1. The lowest BCUT2D eigenvalue weighted by atomic mass is 9.79. The van der Waals surface area contributed by atoms with Gasteiger partial charge in [0.2, 0.25) is 0 Å². The van der Waals surface area contributed by atoms with Crippen LogP contribution in [0.25, 0.3) is 10.9 Å². The summed E-state index contributed by atoms with van der Waals surface area (Å²) >= 11 is 0. The summed E-state index contributed by atoms with van der Waals surface area (Å²) in [5.74, 6) is -0.344. The zero-order valence-electron chi connectivity index (χ0n) is 25.6. The van der Waals surface area contributed by atoms with Crippen molar-refractivity contribution in [2.45, 2.75) is 82.5 Å². The van der Waals surface area contributed by atoms with Crippen LogP contribution in [0.3, 0.4) is 0 Å². The van der Waals surface area contributed by atoms with Crippen molar-refractivity contribution in [3.05, 3.63) is 100 Å². The van der Waals surface area contributed by atoms with Gasteiger partial charge in [-0.3, -0.25) is 4.90 Å². The maximum absolute atomic E-state index is 13.8. The first-order valence-corrected chi connectivity index (χ1v) is 16.5. The highest BCUT2D eigenvalue weighted by Gasteiger charge is 2.53. The molecule has 0 spiro atoms. The van der Waals surface area contributed by atoms with Crippen LogP contribution in [-0.4, -0.2) is 49.1 Å². The fourth-order valence-corrected chi connectivity index (χ4v) is 8.94. The van der Waals surface area contributed by atoms with Crippen LogP contribution in [0.5, 0.6) is 0 Å². The molecule has 43 heavy (non-hydrogen) atoms. The predicted octanol–water partition coefficient (Wildman–Crippen LogP) is 6.65. The molecule has 2 fully saturated rings. The van der Waals surface area contributed by atoms with Gasteiger partial charge in [-0.2, -0.15) is 0 Å². The molecule has 3 aromatic carbocycles. The van der Waals surface area contributed by atoms with Crippen molar-refractivity contribution in [3.63, 3.8) is 0 Å². The fourth-order valence-electron chi connectivity index (χ4n) is 7.53. The highest BCUT2D eigenvalue weighted by Crippen LogP contribution is 2.52. The number of benzene rings is 3. The van der Waals surface area contributed by atoms with E-state index < -0.39 is 10.0 Å². The van der Waals surface area contributed by atoms with E-state index in [0.717, 1.165) is 58.8 Å². The zero-order valence-corrected chi connectivity index (χ0v) is 26.4. The summed E-state index contributed by atoms with van der Waals surface area (Å²) in [7, 11) is -2.37. The zero-order chi connectivity index (χ0) is 30.5. The van der Waals surface area contributed by atoms with Gasteiger partial charge in [-0.15, -0.1) is 0 Å². The average Bonchev–Trinajstić information content (AvgIpc) is 3.53. The molecule has 4 aromatic rings. The Labute approximate surface area is 254 Å². The first-order chi connectivity index (χ1) is 20.6. The summed E-state index contributed by atoms with van der Waals surface area (Å²) < 4.78 is 40.2. The minimum absolute atomic E-state index is 0.161. The molecule has 0 unspecified atom stereocenters. The van der Waals surface area contributed by atoms with Gasteiger partial charge in [0.05, 0.1) is 29.2 Å². The molecule has 2 bridgehead atoms. The molecular weight excluding hydrogens is 560 g/mol. The molecule has 226 valence electrons. The standard InChI is InChI=1S/C35H40N2O5S/c1-6-42-29-20-28-15-17-35(21-29,27-11-9-26(10-12-27)34(38)41-5)36(28)22-32-24(3)19-25(4)33-31(32)16-18-37(33)43(39,40)30-13-7-23(2)8-14-30/h7-14,16,18-19,28-29H,6,15,17,20-22H2,1-5H3/t28-,29+,35+/m1/s1. The fraction of sp³-hybridized carbons (Fsp3) is 0.400. The van der Waals surface area contributed by atoms with Crippen LogP contribution >= 0.6 is 0 Å². The average molecular weight is 601 g/mol. The van der Waals surface area contributed by atoms with Gasteiger partial charge < -0.3 is 9.47 Å². The quantitative estimate of drug-likeness (QED) is 0.211. The van der Waals surface area contributed by atoms with E-state index in [-0.39, 0.29) is 22.5 Å². The predicted molar refractivity (Wildman–Crippen MR) is 168 cm³/mol. The third-order valence-electron chi connectivity index (χ3n) is 9.59. The van der Waals surface area contributed by atoms with Crippen molar-refractivity contribution in [1.29, 1.82) is 0 Å². The van der Waals surface area contributed by atoms with Gasteiger partial charge >= 0.3 is 5.97 Å². The first-order valence-electron chi connectivity index (χ1n) is 15.1. The smallest absolute Gasteiger partial charge is 0.337 e. The number of carbonyl (C=O) groups excluding carboxylic acids is 1. The Hall–Kier alpha value is -3.46. The Morgan fingerprint density at radius 3 is 2.40 bits per heavy atom. The lowest BCUT2D eigenvalue weighted by Crippen LogP contribution is -2.52. The van der Waals surface area contributed by atoms with Gasteiger partial charge in [0.25, 0.3) is 10.0 Å². The Kier molecular flexibility index (Phi) is 7.73. The van der Waals surface area contributed by atoms with E-state index in [9.17, 15) is 13.2 Å². The Morgan fingerprint density at radius 1 is 1.00 bits per heavy atom. The van der Waals surface area contributed by atoms with E-state index in [0.29, 0.717) is 24.8 Å². The van der Waals surface area contributed by atoms with Crippen molar-refractivity contribution >= 4 is 26.9 Å². The van der Waals surface area contributed by atoms with Gasteiger partial charge in [-0.1, -0.05) is 35.9 Å². The van der Waals surface area contributed by atoms with Gasteiger partial charge in [-0.05, 0) is 106 Å². The number of hydrogen-bond donors (Lipinski definition) is 0. The lowest BCUT2D eigenvalue weighted by molar-refractivity contribution is -0.0591. The molecule has 0 radical (unpaired) electrons. The second-order valence-corrected chi connectivity index (χ2v) is 13.9.